The van der Waals surface area contributed by atoms with Crippen LogP contribution in [0.1, 0.15) is 35.7 Å². The maximum Gasteiger partial charge on any atom is 0.416 e. The monoisotopic (exact) mass is 922 g/mol. The number of likely N-dealkylation sites (N-methyl/N-ethyl adjacent to an activating group) is 1. The van der Waals surface area contributed by atoms with E-state index in [1.165, 1.54) is 75.2 Å². The minimum absolute atomic E-state index is 0. The van der Waals surface area contributed by atoms with Gasteiger partial charge in [0.15, 0.2) is 12.4 Å². The van der Waals surface area contributed by atoms with Gasteiger partial charge in [0.1, 0.15) is 42.5 Å². The Bertz CT molecular complexity index is 2270. The molecule has 14 nitrogen and oxygen atoms in total. The second-order valence-corrected chi connectivity index (χ2v) is 13.5. The van der Waals surface area contributed by atoms with Crippen LogP contribution in [-0.2, 0) is 39.6 Å². The number of aromatic nitrogens is 6. The van der Waals surface area contributed by atoms with Crippen molar-refractivity contribution in [3.63, 3.8) is 0 Å². The number of hydrogen-bond acceptors (Lipinski definition) is 10. The highest BCUT2D eigenvalue weighted by molar-refractivity contribution is 6.31. The molecule has 0 spiro atoms. The van der Waals surface area contributed by atoms with Crippen LogP contribution in [0.4, 0.5) is 36.8 Å². The molecule has 5 aromatic rings. The Morgan fingerprint density at radius 1 is 1.07 bits per heavy atom. The van der Waals surface area contributed by atoms with Crippen molar-refractivity contribution >= 4 is 53.9 Å². The lowest BCUT2D eigenvalue weighted by molar-refractivity contribution is -0.753. The lowest BCUT2D eigenvalue weighted by atomic mass is 9.93. The molecule has 2 atom stereocenters. The quantitative estimate of drug-likeness (QED) is 0.0763. The molecular formula is C38H39Cl3F6N8O6. The molecule has 0 aliphatic carbocycles. The third kappa shape index (κ3) is 13.3. The summed E-state index contributed by atoms with van der Waals surface area (Å²) in [6, 6.07) is 13.1. The van der Waals surface area contributed by atoms with Gasteiger partial charge in [0, 0.05) is 41.3 Å². The molecule has 0 aliphatic heterocycles. The Balaban J connectivity index is 0.00000496. The van der Waals surface area contributed by atoms with Crippen LogP contribution in [0.5, 0.6) is 5.75 Å². The normalized spacial score (nSPS) is 12.9. The Hall–Kier alpha value is -5.41. The van der Waals surface area contributed by atoms with Crippen LogP contribution in [0.2, 0.25) is 5.02 Å². The number of amides is 1. The Morgan fingerprint density at radius 2 is 1.77 bits per heavy atom. The van der Waals surface area contributed by atoms with Crippen LogP contribution in [0.25, 0.3) is 12.2 Å². The Morgan fingerprint density at radius 3 is 2.44 bits per heavy atom. The van der Waals surface area contributed by atoms with Crippen LogP contribution < -0.4 is 31.9 Å². The first-order valence-corrected chi connectivity index (χ1v) is 17.9. The number of nitrogens with zero attached hydrogens (tertiary/aromatic N) is 7. The van der Waals surface area contributed by atoms with Crippen molar-refractivity contribution in [1.29, 1.82) is 0 Å². The van der Waals surface area contributed by atoms with E-state index >= 15 is 4.39 Å². The summed E-state index contributed by atoms with van der Waals surface area (Å²) < 4.78 is 99.9. The summed E-state index contributed by atoms with van der Waals surface area (Å²) in [5.74, 6) is -6.63. The number of carbonyl (C=O) groups excluding carboxylic acids is 2. The third-order valence-electron chi connectivity index (χ3n) is 8.61. The molecule has 0 fully saturated rings. The average Bonchev–Trinajstić information content (AvgIpc) is 3.85. The van der Waals surface area contributed by atoms with Crippen molar-refractivity contribution in [3.8, 4) is 5.75 Å². The predicted octanol–water partition coefficient (Wildman–Crippen LogP) is 3.21. The Kier molecular flexibility index (Phi) is 17.9. The Labute approximate surface area is 362 Å². The van der Waals surface area contributed by atoms with Gasteiger partial charge < -0.3 is 37.0 Å². The molecule has 2 heterocycles. The van der Waals surface area contributed by atoms with Gasteiger partial charge in [-0.05, 0) is 49.0 Å². The first-order valence-electron chi connectivity index (χ1n) is 17.6. The molecule has 1 amide bonds. The van der Waals surface area contributed by atoms with Crippen molar-refractivity contribution in [2.45, 2.75) is 50.8 Å². The van der Waals surface area contributed by atoms with Crippen molar-refractivity contribution in [1.82, 2.24) is 29.9 Å². The number of aliphatic hydroxyl groups is 1. The zero-order valence-corrected chi connectivity index (χ0v) is 34.7. The number of hydrogen-bond donors (Lipinski definition) is 2. The number of benzene rings is 3. The first kappa shape index (κ1) is 49.9. The standard InChI is InChI=1S/C38H38ClF6N8O6.2ClH/c1-24(59-36(55)50(3)32-6-4-5-30(39)28(32)17-57-34(54)16-46-2)51-22-48-53(23-51)19-37(56,29-13-10-26(40)15-31(29)41)18-52-21-47-33(49-52)14-9-25-7-11-27(12-8-25)58-20-38(44,45)35(42)43;;/h4-15,21-24,35,46,56H,16-20H2,1-3H3;2*1H/q+1;;/p-1/b14-9+;;. The highest BCUT2D eigenvalue weighted by atomic mass is 35.5. The number of esters is 1. The highest BCUT2D eigenvalue weighted by Crippen LogP contribution is 2.30. The fourth-order valence-corrected chi connectivity index (χ4v) is 5.74. The highest BCUT2D eigenvalue weighted by Gasteiger charge is 2.42. The molecule has 0 saturated heterocycles. The van der Waals surface area contributed by atoms with E-state index in [9.17, 15) is 36.6 Å². The van der Waals surface area contributed by atoms with Gasteiger partial charge in [-0.1, -0.05) is 41.9 Å². The summed E-state index contributed by atoms with van der Waals surface area (Å²) in [7, 11) is 3.03. The fourth-order valence-electron chi connectivity index (χ4n) is 5.52. The molecule has 0 aliphatic rings. The van der Waals surface area contributed by atoms with E-state index in [4.69, 9.17) is 25.8 Å². The van der Waals surface area contributed by atoms with Crippen molar-refractivity contribution in [2.24, 2.45) is 0 Å². The van der Waals surface area contributed by atoms with E-state index in [0.717, 1.165) is 12.1 Å². The zero-order chi connectivity index (χ0) is 42.9. The van der Waals surface area contributed by atoms with Crippen LogP contribution in [-0.4, -0.2) is 81.3 Å². The van der Waals surface area contributed by atoms with Crippen LogP contribution >= 0.6 is 24.0 Å². The summed E-state index contributed by atoms with van der Waals surface area (Å²) in [5, 5.41) is 23.5. The number of anilines is 1. The predicted molar refractivity (Wildman–Crippen MR) is 207 cm³/mol. The number of halogens is 9. The lowest BCUT2D eigenvalue weighted by Gasteiger charge is -2.26. The van der Waals surface area contributed by atoms with E-state index < -0.39 is 67.6 Å². The minimum atomic E-state index is -4.30. The van der Waals surface area contributed by atoms with E-state index in [2.05, 4.69) is 20.5 Å². The van der Waals surface area contributed by atoms with E-state index in [0.29, 0.717) is 22.9 Å². The first-order chi connectivity index (χ1) is 28.0. The molecule has 2 aromatic heterocycles. The molecule has 5 rings (SSSR count). The molecular weight excluding hydrogens is 885 g/mol. The summed E-state index contributed by atoms with van der Waals surface area (Å²) in [5.41, 5.74) is -1.13. The van der Waals surface area contributed by atoms with E-state index in [1.807, 2.05) is 0 Å². The number of ether oxygens (including phenoxy) is 3. The summed E-state index contributed by atoms with van der Waals surface area (Å²) in [4.78, 5) is 30.5. The maximum atomic E-state index is 15.2. The maximum absolute atomic E-state index is 15.2. The van der Waals surface area contributed by atoms with Crippen LogP contribution in [0.3, 0.4) is 0 Å². The second kappa shape index (κ2) is 21.9. The largest absolute Gasteiger partial charge is 1.00 e. The fraction of sp³-hybridized carbons (Fsp3) is 0.316. The average molecular weight is 924 g/mol. The second-order valence-electron chi connectivity index (χ2n) is 13.1. The molecule has 0 saturated carbocycles. The van der Waals surface area contributed by atoms with Crippen molar-refractivity contribution in [3.05, 3.63) is 119 Å². The number of nitrogens with one attached hydrogen (secondary N) is 1. The van der Waals surface area contributed by atoms with Gasteiger partial charge in [-0.3, -0.25) is 9.69 Å². The van der Waals surface area contributed by atoms with Crippen LogP contribution in [0.15, 0.2) is 79.6 Å². The smallest absolute Gasteiger partial charge is 0.416 e. The van der Waals surface area contributed by atoms with Gasteiger partial charge in [0.2, 0.25) is 12.6 Å². The van der Waals surface area contributed by atoms with Gasteiger partial charge in [-0.25, -0.2) is 32.0 Å². The molecule has 0 bridgehead atoms. The topological polar surface area (TPSA) is 150 Å². The van der Waals surface area contributed by atoms with Crippen molar-refractivity contribution in [2.75, 3.05) is 32.1 Å². The van der Waals surface area contributed by atoms with Gasteiger partial charge >= 0.3 is 24.4 Å². The van der Waals surface area contributed by atoms with E-state index in [1.54, 1.807) is 38.2 Å². The summed E-state index contributed by atoms with van der Waals surface area (Å²) in [6.45, 7) is -0.968. The molecule has 330 valence electrons. The SMILES string of the molecule is CNCC(=O)OCc1c(Cl)cccc1N(C)C(=O)OC(C)[n+]1cnn(CC(O)(Cn2cnc(/C=C/c3ccc(OCC(F)(F)C(F)F)cc3)n2)c2ccc(F)cc2F)c1.Cl.[Cl-]. The zero-order valence-electron chi connectivity index (χ0n) is 32.4. The molecule has 0 radical (unpaired) electrons. The number of rotatable bonds is 18. The summed E-state index contributed by atoms with van der Waals surface area (Å²) in [6.07, 6.45) is 1.39. The third-order valence-corrected chi connectivity index (χ3v) is 8.96. The molecule has 2 N–H and O–H groups in total. The molecule has 2 unspecified atom stereocenters. The summed E-state index contributed by atoms with van der Waals surface area (Å²) >= 11 is 6.37. The molecule has 23 heteroatoms. The van der Waals surface area contributed by atoms with E-state index in [-0.39, 0.29) is 60.1 Å². The van der Waals surface area contributed by atoms with Crippen molar-refractivity contribution < 1.29 is 72.2 Å². The number of alkyl halides is 4. The molecule has 61 heavy (non-hydrogen) atoms. The van der Waals surface area contributed by atoms with Gasteiger partial charge in [-0.2, -0.15) is 18.4 Å². The van der Waals surface area contributed by atoms with Gasteiger partial charge in [-0.15, -0.1) is 17.1 Å². The minimum Gasteiger partial charge on any atom is -1.00 e. The van der Waals surface area contributed by atoms with Gasteiger partial charge in [0.25, 0.3) is 6.33 Å². The molecule has 3 aromatic carbocycles. The van der Waals surface area contributed by atoms with Crippen LogP contribution in [0, 0.1) is 11.6 Å². The number of carbonyl (C=O) groups is 2. The van der Waals surface area contributed by atoms with Gasteiger partial charge in [0.05, 0.1) is 18.8 Å². The lowest BCUT2D eigenvalue weighted by Crippen LogP contribution is -3.00.